The summed E-state index contributed by atoms with van der Waals surface area (Å²) in [6, 6.07) is 5.01. The van der Waals surface area contributed by atoms with Crippen LogP contribution in [0.3, 0.4) is 0 Å². The number of benzene rings is 1. The minimum absolute atomic E-state index is 0.157. The van der Waals surface area contributed by atoms with Crippen molar-refractivity contribution in [2.24, 2.45) is 0 Å². The summed E-state index contributed by atoms with van der Waals surface area (Å²) in [5.41, 5.74) is 0.271. The highest BCUT2D eigenvalue weighted by Gasteiger charge is 2.20. The molecule has 1 rings (SSSR count). The molecule has 1 aromatic rings. The number of esters is 2. The molecule has 1 amide bonds. The third-order valence-electron chi connectivity index (χ3n) is 2.29. The maximum absolute atomic E-state index is 11.8. The van der Waals surface area contributed by atoms with Gasteiger partial charge in [-0.2, -0.15) is 0 Å². The monoisotopic (exact) mass is 329 g/mol. The number of carbonyl (C=O) groups is 3. The summed E-state index contributed by atoms with van der Waals surface area (Å²) >= 11 is 0. The van der Waals surface area contributed by atoms with E-state index in [1.807, 2.05) is 4.72 Å². The van der Waals surface area contributed by atoms with E-state index >= 15 is 0 Å². The number of amides is 1. The summed E-state index contributed by atoms with van der Waals surface area (Å²) < 4.78 is 35.0. The van der Waals surface area contributed by atoms with Crippen LogP contribution in [0.5, 0.6) is 0 Å². The van der Waals surface area contributed by atoms with Crippen molar-refractivity contribution in [1.29, 1.82) is 0 Å². The molecule has 0 aliphatic carbocycles. The van der Waals surface area contributed by atoms with Crippen LogP contribution in [0.1, 0.15) is 32.6 Å². The van der Waals surface area contributed by atoms with Gasteiger partial charge < -0.3 is 9.47 Å². The Labute approximate surface area is 127 Å². The molecule has 8 nitrogen and oxygen atoms in total. The van der Waals surface area contributed by atoms with E-state index in [1.165, 1.54) is 24.3 Å². The van der Waals surface area contributed by atoms with E-state index in [0.29, 0.717) is 0 Å². The van der Waals surface area contributed by atoms with E-state index in [1.54, 1.807) is 0 Å². The van der Waals surface area contributed by atoms with Gasteiger partial charge in [-0.3, -0.25) is 14.4 Å². The second-order valence-electron chi connectivity index (χ2n) is 4.28. The Kier molecular flexibility index (Phi) is 5.63. The third kappa shape index (κ3) is 5.17. The Morgan fingerprint density at radius 3 is 1.77 bits per heavy atom. The fourth-order valence-electron chi connectivity index (χ4n) is 1.51. The van der Waals surface area contributed by atoms with Crippen molar-refractivity contribution in [3.8, 4) is 0 Å². The molecule has 0 aromatic heterocycles. The van der Waals surface area contributed by atoms with Crippen molar-refractivity contribution in [3.05, 3.63) is 29.8 Å². The van der Waals surface area contributed by atoms with Crippen molar-refractivity contribution in [1.82, 2.24) is 4.72 Å². The minimum Gasteiger partial charge on any atom is -0.421 e. The first kappa shape index (κ1) is 17.6. The Balaban J connectivity index is 3.05. The van der Waals surface area contributed by atoms with Crippen molar-refractivity contribution in [2.45, 2.75) is 32.0 Å². The van der Waals surface area contributed by atoms with Gasteiger partial charge >= 0.3 is 11.9 Å². The lowest BCUT2D eigenvalue weighted by Gasteiger charge is -2.17. The Hall–Kier alpha value is -2.42. The van der Waals surface area contributed by atoms with Crippen LogP contribution in [-0.2, 0) is 33.9 Å². The van der Waals surface area contributed by atoms with Crippen molar-refractivity contribution in [3.63, 3.8) is 0 Å². The highest BCUT2D eigenvalue weighted by Crippen LogP contribution is 2.21. The van der Waals surface area contributed by atoms with Gasteiger partial charge in [-0.1, -0.05) is 12.1 Å². The molecular weight excluding hydrogens is 314 g/mol. The Morgan fingerprint density at radius 2 is 1.41 bits per heavy atom. The largest absolute Gasteiger partial charge is 0.421 e. The number of ether oxygens (including phenoxy) is 2. The highest BCUT2D eigenvalue weighted by molar-refractivity contribution is 7.90. The predicted molar refractivity (Wildman–Crippen MR) is 73.7 cm³/mol. The molecule has 1 N–H and O–H groups in total. The van der Waals surface area contributed by atoms with Gasteiger partial charge in [0.25, 0.3) is 16.3 Å². The molecule has 0 aliphatic rings. The molecule has 0 bridgehead atoms. The zero-order valence-electron chi connectivity index (χ0n) is 12.2. The van der Waals surface area contributed by atoms with E-state index in [2.05, 4.69) is 0 Å². The number of nitrogens with one attached hydrogen (secondary N) is 1. The van der Waals surface area contributed by atoms with Crippen LogP contribution in [0.2, 0.25) is 0 Å². The maximum atomic E-state index is 11.8. The first-order valence-electron chi connectivity index (χ1n) is 6.09. The molecule has 0 saturated heterocycles. The summed E-state index contributed by atoms with van der Waals surface area (Å²) in [6.45, 7) is 3.36. The number of hydrogen-bond donors (Lipinski definition) is 1. The lowest BCUT2D eigenvalue weighted by atomic mass is 10.2. The van der Waals surface area contributed by atoms with Gasteiger partial charge in [0.15, 0.2) is 0 Å². The first-order valence-corrected chi connectivity index (χ1v) is 7.58. The standard InChI is InChI=1S/C13H15NO7S/c1-8(15)14-22(18,19)12-6-4-11(5-7-12)13(20-9(2)16)21-10(3)17/h4-7,13H,1-3H3,(H,14,15). The summed E-state index contributed by atoms with van der Waals surface area (Å²) in [6.07, 6.45) is -1.27. The molecule has 0 spiro atoms. The van der Waals surface area contributed by atoms with Gasteiger partial charge in [-0.15, -0.1) is 0 Å². The quantitative estimate of drug-likeness (QED) is 0.622. The smallest absolute Gasteiger partial charge is 0.305 e. The summed E-state index contributed by atoms with van der Waals surface area (Å²) in [7, 11) is -3.96. The predicted octanol–water partition coefficient (Wildman–Crippen LogP) is 0.636. The van der Waals surface area contributed by atoms with Crippen LogP contribution in [0.4, 0.5) is 0 Å². The van der Waals surface area contributed by atoms with Gasteiger partial charge in [-0.25, -0.2) is 13.1 Å². The zero-order valence-corrected chi connectivity index (χ0v) is 13.0. The average molecular weight is 329 g/mol. The van der Waals surface area contributed by atoms with Crippen LogP contribution < -0.4 is 4.72 Å². The first-order chi connectivity index (χ1) is 10.1. The molecule has 0 aliphatic heterocycles. The zero-order chi connectivity index (χ0) is 16.9. The van der Waals surface area contributed by atoms with E-state index in [9.17, 15) is 22.8 Å². The Bertz CT molecular complexity index is 663. The fraction of sp³-hybridized carbons (Fsp3) is 0.308. The van der Waals surface area contributed by atoms with Gasteiger partial charge in [0.05, 0.1) is 4.90 Å². The fourth-order valence-corrected chi connectivity index (χ4v) is 2.50. The van der Waals surface area contributed by atoms with Crippen molar-refractivity contribution < 1.29 is 32.3 Å². The summed E-state index contributed by atoms with van der Waals surface area (Å²) in [4.78, 5) is 32.7. The summed E-state index contributed by atoms with van der Waals surface area (Å²) in [5.74, 6) is -2.05. The molecule has 0 atom stereocenters. The molecule has 120 valence electrons. The molecule has 9 heteroatoms. The van der Waals surface area contributed by atoms with Crippen LogP contribution in [-0.4, -0.2) is 26.3 Å². The van der Waals surface area contributed by atoms with Gasteiger partial charge in [0, 0.05) is 26.3 Å². The van der Waals surface area contributed by atoms with Gasteiger partial charge in [0.1, 0.15) is 0 Å². The molecule has 0 radical (unpaired) electrons. The minimum atomic E-state index is -3.96. The SMILES string of the molecule is CC(=O)NS(=O)(=O)c1ccc(C(OC(C)=O)OC(C)=O)cc1. The Morgan fingerprint density at radius 1 is 0.955 bits per heavy atom. The normalized spacial score (nSPS) is 10.9. The van der Waals surface area contributed by atoms with Crippen molar-refractivity contribution in [2.75, 3.05) is 0 Å². The van der Waals surface area contributed by atoms with Crippen LogP contribution in [0, 0.1) is 0 Å². The van der Waals surface area contributed by atoms with E-state index in [0.717, 1.165) is 20.8 Å². The number of carbonyl (C=O) groups excluding carboxylic acids is 3. The molecule has 0 unspecified atom stereocenters. The van der Waals surface area contributed by atoms with Crippen LogP contribution >= 0.6 is 0 Å². The molecule has 22 heavy (non-hydrogen) atoms. The van der Waals surface area contributed by atoms with E-state index < -0.39 is 34.2 Å². The van der Waals surface area contributed by atoms with E-state index in [-0.39, 0.29) is 10.5 Å². The summed E-state index contributed by atoms with van der Waals surface area (Å²) in [5, 5.41) is 0. The second-order valence-corrected chi connectivity index (χ2v) is 5.96. The molecule has 0 heterocycles. The third-order valence-corrected chi connectivity index (χ3v) is 3.74. The maximum Gasteiger partial charge on any atom is 0.305 e. The van der Waals surface area contributed by atoms with Crippen LogP contribution in [0.15, 0.2) is 29.2 Å². The molecule has 0 fully saturated rings. The van der Waals surface area contributed by atoms with Crippen LogP contribution in [0.25, 0.3) is 0 Å². The highest BCUT2D eigenvalue weighted by atomic mass is 32.2. The lowest BCUT2D eigenvalue weighted by Crippen LogP contribution is -2.28. The van der Waals surface area contributed by atoms with Crippen molar-refractivity contribution >= 4 is 27.9 Å². The molecule has 1 aromatic carbocycles. The average Bonchev–Trinajstić information content (AvgIpc) is 2.35. The second kappa shape index (κ2) is 7.03. The van der Waals surface area contributed by atoms with Gasteiger partial charge in [-0.05, 0) is 12.1 Å². The number of sulfonamides is 1. The van der Waals surface area contributed by atoms with Gasteiger partial charge in [0.2, 0.25) is 5.91 Å². The molecular formula is C13H15NO7S. The number of hydrogen-bond acceptors (Lipinski definition) is 7. The topological polar surface area (TPSA) is 116 Å². The lowest BCUT2D eigenvalue weighted by molar-refractivity contribution is -0.186. The number of rotatable bonds is 5. The van der Waals surface area contributed by atoms with E-state index in [4.69, 9.17) is 9.47 Å². The molecule has 0 saturated carbocycles.